The van der Waals surface area contributed by atoms with E-state index in [4.69, 9.17) is 9.47 Å². The number of aromatic nitrogens is 3. The standard InChI is InChI=1S/C22H27N5O2/c1-22(2,3)16-7-9-17(10-8-16)25-20-14-24-27-21(26-20)23-13-15-6-11-18(28-4)19(12-15)29-5/h6-12,14H,13H2,1-5H3,(H2,23,25,26,27). The van der Waals surface area contributed by atoms with Crippen molar-refractivity contribution in [3.63, 3.8) is 0 Å². The fraction of sp³-hybridized carbons (Fsp3) is 0.318. The normalized spacial score (nSPS) is 11.1. The zero-order valence-corrected chi connectivity index (χ0v) is 17.5. The van der Waals surface area contributed by atoms with Gasteiger partial charge < -0.3 is 20.1 Å². The van der Waals surface area contributed by atoms with Crippen molar-refractivity contribution >= 4 is 17.5 Å². The molecule has 0 saturated heterocycles. The summed E-state index contributed by atoms with van der Waals surface area (Å²) in [6.45, 7) is 7.12. The lowest BCUT2D eigenvalue weighted by Crippen LogP contribution is -2.10. The highest BCUT2D eigenvalue weighted by Crippen LogP contribution is 2.28. The van der Waals surface area contributed by atoms with E-state index in [1.165, 1.54) is 5.56 Å². The lowest BCUT2D eigenvalue weighted by Gasteiger charge is -2.19. The highest BCUT2D eigenvalue weighted by Gasteiger charge is 2.13. The summed E-state index contributed by atoms with van der Waals surface area (Å²) in [4.78, 5) is 4.48. The molecule has 0 spiro atoms. The SMILES string of the molecule is COc1ccc(CNc2nncc(Nc3ccc(C(C)(C)C)cc3)n2)cc1OC. The summed E-state index contributed by atoms with van der Waals surface area (Å²) < 4.78 is 10.6. The Morgan fingerprint density at radius 1 is 0.931 bits per heavy atom. The molecule has 2 aromatic carbocycles. The van der Waals surface area contributed by atoms with Crippen LogP contribution in [0.4, 0.5) is 17.5 Å². The van der Waals surface area contributed by atoms with Gasteiger partial charge in [-0.15, -0.1) is 5.10 Å². The van der Waals surface area contributed by atoms with Gasteiger partial charge in [0.1, 0.15) is 0 Å². The number of nitrogens with zero attached hydrogens (tertiary/aromatic N) is 3. The molecule has 3 aromatic rings. The average Bonchev–Trinajstić information content (AvgIpc) is 2.72. The van der Waals surface area contributed by atoms with Crippen LogP contribution in [0.5, 0.6) is 11.5 Å². The largest absolute Gasteiger partial charge is 0.493 e. The van der Waals surface area contributed by atoms with Crippen LogP contribution in [-0.4, -0.2) is 29.4 Å². The Labute approximate surface area is 171 Å². The van der Waals surface area contributed by atoms with Gasteiger partial charge in [-0.2, -0.15) is 10.1 Å². The fourth-order valence-electron chi connectivity index (χ4n) is 2.81. The van der Waals surface area contributed by atoms with Gasteiger partial charge in [0, 0.05) is 12.2 Å². The van der Waals surface area contributed by atoms with Crippen LogP contribution < -0.4 is 20.1 Å². The second-order valence-electron chi connectivity index (χ2n) is 7.66. The molecule has 7 heteroatoms. The van der Waals surface area contributed by atoms with Crippen molar-refractivity contribution in [1.29, 1.82) is 0 Å². The predicted molar refractivity (Wildman–Crippen MR) is 115 cm³/mol. The quantitative estimate of drug-likeness (QED) is 0.610. The van der Waals surface area contributed by atoms with E-state index >= 15 is 0 Å². The lowest BCUT2D eigenvalue weighted by atomic mass is 9.87. The van der Waals surface area contributed by atoms with Gasteiger partial charge in [0.15, 0.2) is 17.3 Å². The van der Waals surface area contributed by atoms with Crippen molar-refractivity contribution < 1.29 is 9.47 Å². The highest BCUT2D eigenvalue weighted by atomic mass is 16.5. The Balaban J connectivity index is 1.65. The van der Waals surface area contributed by atoms with E-state index in [9.17, 15) is 0 Å². The Morgan fingerprint density at radius 2 is 1.66 bits per heavy atom. The van der Waals surface area contributed by atoms with Crippen LogP contribution in [0.2, 0.25) is 0 Å². The first kappa shape index (κ1) is 20.4. The lowest BCUT2D eigenvalue weighted by molar-refractivity contribution is 0.354. The fourth-order valence-corrected chi connectivity index (χ4v) is 2.81. The van der Waals surface area contributed by atoms with E-state index < -0.39 is 0 Å². The first-order valence-corrected chi connectivity index (χ1v) is 9.41. The Bertz CT molecular complexity index is 952. The van der Waals surface area contributed by atoms with Gasteiger partial charge in [-0.25, -0.2) is 0 Å². The zero-order chi connectivity index (χ0) is 20.9. The molecule has 0 aliphatic carbocycles. The molecular formula is C22H27N5O2. The zero-order valence-electron chi connectivity index (χ0n) is 17.5. The first-order chi connectivity index (χ1) is 13.9. The molecule has 0 unspecified atom stereocenters. The highest BCUT2D eigenvalue weighted by molar-refractivity contribution is 5.57. The number of methoxy groups -OCH3 is 2. The van der Waals surface area contributed by atoms with Gasteiger partial charge in [-0.3, -0.25) is 0 Å². The Morgan fingerprint density at radius 3 is 2.31 bits per heavy atom. The van der Waals surface area contributed by atoms with E-state index in [0.29, 0.717) is 29.8 Å². The summed E-state index contributed by atoms with van der Waals surface area (Å²) >= 11 is 0. The van der Waals surface area contributed by atoms with Gasteiger partial charge in [0.05, 0.1) is 20.4 Å². The maximum absolute atomic E-state index is 5.34. The minimum absolute atomic E-state index is 0.121. The van der Waals surface area contributed by atoms with Crippen molar-refractivity contribution in [1.82, 2.24) is 15.2 Å². The molecule has 0 atom stereocenters. The van der Waals surface area contributed by atoms with Crippen molar-refractivity contribution in [2.75, 3.05) is 24.9 Å². The molecule has 0 saturated carbocycles. The molecule has 0 aliphatic heterocycles. The van der Waals surface area contributed by atoms with Crippen LogP contribution in [0.3, 0.4) is 0 Å². The number of nitrogens with one attached hydrogen (secondary N) is 2. The van der Waals surface area contributed by atoms with Crippen molar-refractivity contribution in [3.05, 3.63) is 59.8 Å². The third kappa shape index (κ3) is 5.34. The minimum Gasteiger partial charge on any atom is -0.493 e. The Kier molecular flexibility index (Phi) is 6.16. The molecule has 29 heavy (non-hydrogen) atoms. The topological polar surface area (TPSA) is 81.2 Å². The van der Waals surface area contributed by atoms with Gasteiger partial charge >= 0.3 is 0 Å². The molecule has 0 amide bonds. The van der Waals surface area contributed by atoms with E-state index in [-0.39, 0.29) is 5.41 Å². The van der Waals surface area contributed by atoms with Crippen molar-refractivity contribution in [3.8, 4) is 11.5 Å². The van der Waals surface area contributed by atoms with Crippen LogP contribution in [0, 0.1) is 0 Å². The molecular weight excluding hydrogens is 366 g/mol. The summed E-state index contributed by atoms with van der Waals surface area (Å²) in [5.74, 6) is 2.44. The van der Waals surface area contributed by atoms with Crippen molar-refractivity contribution in [2.45, 2.75) is 32.7 Å². The summed E-state index contributed by atoms with van der Waals surface area (Å²) in [5, 5.41) is 14.5. The number of benzene rings is 2. The second-order valence-corrected chi connectivity index (χ2v) is 7.66. The molecule has 0 fully saturated rings. The van der Waals surface area contributed by atoms with E-state index in [2.05, 4.69) is 58.7 Å². The number of hydrogen-bond donors (Lipinski definition) is 2. The monoisotopic (exact) mass is 393 g/mol. The van der Waals surface area contributed by atoms with Crippen LogP contribution >= 0.6 is 0 Å². The molecule has 2 N–H and O–H groups in total. The summed E-state index contributed by atoms with van der Waals surface area (Å²) in [6.07, 6.45) is 1.60. The van der Waals surface area contributed by atoms with Crippen LogP contribution in [0.1, 0.15) is 31.9 Å². The van der Waals surface area contributed by atoms with Gasteiger partial charge in [0.25, 0.3) is 0 Å². The number of ether oxygens (including phenoxy) is 2. The molecule has 7 nitrogen and oxygen atoms in total. The molecule has 0 bridgehead atoms. The van der Waals surface area contributed by atoms with Gasteiger partial charge in [-0.05, 0) is 40.8 Å². The third-order valence-corrected chi connectivity index (χ3v) is 4.48. The van der Waals surface area contributed by atoms with Gasteiger partial charge in [-0.1, -0.05) is 39.0 Å². The molecule has 1 aromatic heterocycles. The number of hydrogen-bond acceptors (Lipinski definition) is 7. The second kappa shape index (κ2) is 8.77. The van der Waals surface area contributed by atoms with E-state index in [1.54, 1.807) is 20.4 Å². The van der Waals surface area contributed by atoms with Crippen LogP contribution in [0.25, 0.3) is 0 Å². The Hall–Kier alpha value is -3.35. The first-order valence-electron chi connectivity index (χ1n) is 9.41. The average molecular weight is 393 g/mol. The minimum atomic E-state index is 0.121. The number of anilines is 3. The van der Waals surface area contributed by atoms with Crippen molar-refractivity contribution in [2.24, 2.45) is 0 Å². The van der Waals surface area contributed by atoms with E-state index in [0.717, 1.165) is 11.3 Å². The number of rotatable bonds is 7. The van der Waals surface area contributed by atoms with Crippen LogP contribution in [-0.2, 0) is 12.0 Å². The summed E-state index contributed by atoms with van der Waals surface area (Å²) in [5.41, 5.74) is 3.36. The molecule has 0 radical (unpaired) electrons. The van der Waals surface area contributed by atoms with E-state index in [1.807, 2.05) is 30.3 Å². The van der Waals surface area contributed by atoms with Crippen LogP contribution in [0.15, 0.2) is 48.7 Å². The smallest absolute Gasteiger partial charge is 0.244 e. The molecule has 0 aliphatic rings. The summed E-state index contributed by atoms with van der Waals surface area (Å²) in [7, 11) is 3.23. The maximum Gasteiger partial charge on any atom is 0.244 e. The third-order valence-electron chi connectivity index (χ3n) is 4.48. The molecule has 1 heterocycles. The predicted octanol–water partition coefficient (Wildman–Crippen LogP) is 4.54. The maximum atomic E-state index is 5.34. The molecule has 3 rings (SSSR count). The molecule has 152 valence electrons. The van der Waals surface area contributed by atoms with Gasteiger partial charge in [0.2, 0.25) is 5.95 Å². The summed E-state index contributed by atoms with van der Waals surface area (Å²) in [6, 6.07) is 14.1.